The van der Waals surface area contributed by atoms with Crippen LogP contribution in [0.5, 0.6) is 5.75 Å². The zero-order valence-corrected chi connectivity index (χ0v) is 18.7. The van der Waals surface area contributed by atoms with Crippen molar-refractivity contribution < 1.29 is 28.2 Å². The second-order valence-electron chi connectivity index (χ2n) is 7.22. The number of benzene rings is 3. The van der Waals surface area contributed by atoms with Crippen molar-refractivity contribution in [3.8, 4) is 33.8 Å². The number of esters is 2. The van der Waals surface area contributed by atoms with E-state index in [-0.39, 0.29) is 17.0 Å². The van der Waals surface area contributed by atoms with Crippen molar-refractivity contribution in [2.24, 2.45) is 0 Å². The van der Waals surface area contributed by atoms with Gasteiger partial charge in [-0.3, -0.25) is 0 Å². The highest BCUT2D eigenvalue weighted by Crippen LogP contribution is 2.34. The van der Waals surface area contributed by atoms with Gasteiger partial charge in [0.2, 0.25) is 0 Å². The molecule has 4 rings (SSSR count). The van der Waals surface area contributed by atoms with Crippen molar-refractivity contribution in [2.45, 2.75) is 0 Å². The topological polar surface area (TPSA) is 79.7 Å². The number of ether oxygens (including phenoxy) is 3. The number of para-hydroxylation sites is 1. The van der Waals surface area contributed by atoms with E-state index in [2.05, 4.69) is 5.10 Å². The Balaban J connectivity index is 1.89. The number of carbonyl (C=O) groups excluding carboxylic acids is 2. The normalized spacial score (nSPS) is 10.6. The van der Waals surface area contributed by atoms with E-state index in [4.69, 9.17) is 14.2 Å². The van der Waals surface area contributed by atoms with Gasteiger partial charge in [-0.15, -0.1) is 0 Å². The Morgan fingerprint density at radius 1 is 0.824 bits per heavy atom. The lowest BCUT2D eigenvalue weighted by atomic mass is 10.00. The van der Waals surface area contributed by atoms with Crippen LogP contribution in [0.3, 0.4) is 0 Å². The molecule has 34 heavy (non-hydrogen) atoms. The molecule has 0 fully saturated rings. The van der Waals surface area contributed by atoms with Crippen LogP contribution in [-0.4, -0.2) is 43.0 Å². The summed E-state index contributed by atoms with van der Waals surface area (Å²) < 4.78 is 30.5. The van der Waals surface area contributed by atoms with Crippen LogP contribution in [0.15, 0.2) is 72.8 Å². The van der Waals surface area contributed by atoms with Crippen LogP contribution in [0, 0.1) is 5.82 Å². The number of methoxy groups -OCH3 is 3. The second kappa shape index (κ2) is 9.58. The highest BCUT2D eigenvalue weighted by atomic mass is 19.1. The van der Waals surface area contributed by atoms with Gasteiger partial charge in [0, 0.05) is 11.1 Å². The van der Waals surface area contributed by atoms with E-state index in [9.17, 15) is 14.0 Å². The molecule has 0 amide bonds. The molecule has 0 N–H and O–H groups in total. The van der Waals surface area contributed by atoms with E-state index in [0.717, 1.165) is 0 Å². The van der Waals surface area contributed by atoms with Crippen LogP contribution < -0.4 is 4.74 Å². The van der Waals surface area contributed by atoms with E-state index in [1.54, 1.807) is 54.6 Å². The number of hydrogen-bond donors (Lipinski definition) is 0. The van der Waals surface area contributed by atoms with Gasteiger partial charge in [0.15, 0.2) is 5.69 Å². The largest absolute Gasteiger partial charge is 0.496 e. The lowest BCUT2D eigenvalue weighted by molar-refractivity contribution is 0.0549. The molecule has 7 nitrogen and oxygen atoms in total. The zero-order valence-electron chi connectivity index (χ0n) is 18.7. The number of hydrogen-bond acceptors (Lipinski definition) is 6. The highest BCUT2D eigenvalue weighted by molar-refractivity contribution is 6.06. The Kier molecular flexibility index (Phi) is 6.40. The predicted molar refractivity (Wildman–Crippen MR) is 124 cm³/mol. The lowest BCUT2D eigenvalue weighted by Gasteiger charge is -2.09. The van der Waals surface area contributed by atoms with Crippen LogP contribution in [0.2, 0.25) is 0 Å². The molecule has 0 spiro atoms. The number of rotatable bonds is 6. The molecule has 1 aromatic heterocycles. The maximum absolute atomic E-state index is 13.8. The summed E-state index contributed by atoms with van der Waals surface area (Å²) >= 11 is 0. The van der Waals surface area contributed by atoms with E-state index in [1.807, 2.05) is 6.07 Å². The van der Waals surface area contributed by atoms with Gasteiger partial charge < -0.3 is 14.2 Å². The summed E-state index contributed by atoms with van der Waals surface area (Å²) in [5.41, 5.74) is 2.58. The number of aromatic nitrogens is 2. The van der Waals surface area contributed by atoms with Gasteiger partial charge in [-0.2, -0.15) is 5.10 Å². The molecule has 0 saturated carbocycles. The van der Waals surface area contributed by atoms with Gasteiger partial charge >= 0.3 is 11.9 Å². The highest BCUT2D eigenvalue weighted by Gasteiger charge is 2.31. The summed E-state index contributed by atoms with van der Waals surface area (Å²) in [5, 5.41) is 4.57. The standard InChI is InChI=1S/C26H21FN2O5/c1-32-21-14-13-18(27)15-20(21)16-9-11-17(12-10-16)23-22(25(30)33-2)24(26(31)34-3)29(28-23)19-7-5-4-6-8-19/h4-15H,1-3H3. The van der Waals surface area contributed by atoms with E-state index in [1.165, 1.54) is 38.1 Å². The van der Waals surface area contributed by atoms with Crippen molar-refractivity contribution in [1.29, 1.82) is 0 Å². The van der Waals surface area contributed by atoms with Crippen LogP contribution in [0.4, 0.5) is 4.39 Å². The van der Waals surface area contributed by atoms with Crippen molar-refractivity contribution in [1.82, 2.24) is 9.78 Å². The third-order valence-corrected chi connectivity index (χ3v) is 5.29. The Labute approximate surface area is 195 Å². The molecule has 4 aromatic rings. The smallest absolute Gasteiger partial charge is 0.357 e. The number of carbonyl (C=O) groups is 2. The van der Waals surface area contributed by atoms with Gasteiger partial charge in [0.25, 0.3) is 0 Å². The fourth-order valence-electron chi connectivity index (χ4n) is 3.67. The molecule has 0 aliphatic rings. The molecule has 0 aliphatic carbocycles. The Bertz CT molecular complexity index is 1350. The fraction of sp³-hybridized carbons (Fsp3) is 0.115. The van der Waals surface area contributed by atoms with Gasteiger partial charge in [-0.25, -0.2) is 18.7 Å². The van der Waals surface area contributed by atoms with Gasteiger partial charge in [0.1, 0.15) is 22.8 Å². The van der Waals surface area contributed by atoms with Gasteiger partial charge in [0.05, 0.1) is 27.0 Å². The minimum atomic E-state index is -0.732. The molecule has 0 radical (unpaired) electrons. The molecule has 0 unspecified atom stereocenters. The SMILES string of the molecule is COC(=O)c1c(-c2ccc(-c3cc(F)ccc3OC)cc2)nn(-c2ccccc2)c1C(=O)OC. The van der Waals surface area contributed by atoms with Crippen molar-refractivity contribution in [3.63, 3.8) is 0 Å². The van der Waals surface area contributed by atoms with E-state index >= 15 is 0 Å². The Morgan fingerprint density at radius 2 is 1.47 bits per heavy atom. The fourth-order valence-corrected chi connectivity index (χ4v) is 3.67. The molecule has 0 aliphatic heterocycles. The van der Waals surface area contributed by atoms with E-state index < -0.39 is 17.8 Å². The first-order valence-corrected chi connectivity index (χ1v) is 10.3. The first kappa shape index (κ1) is 22.7. The number of nitrogens with zero attached hydrogens (tertiary/aromatic N) is 2. The Morgan fingerprint density at radius 3 is 2.09 bits per heavy atom. The monoisotopic (exact) mass is 460 g/mol. The summed E-state index contributed by atoms with van der Waals surface area (Å²) in [6.07, 6.45) is 0. The third kappa shape index (κ3) is 4.13. The average Bonchev–Trinajstić information content (AvgIpc) is 3.29. The van der Waals surface area contributed by atoms with Crippen LogP contribution in [0.1, 0.15) is 20.8 Å². The van der Waals surface area contributed by atoms with Gasteiger partial charge in [-0.1, -0.05) is 42.5 Å². The first-order valence-electron chi connectivity index (χ1n) is 10.3. The molecule has 0 bridgehead atoms. The molecular weight excluding hydrogens is 439 g/mol. The maximum Gasteiger partial charge on any atom is 0.357 e. The summed E-state index contributed by atoms with van der Waals surface area (Å²) in [7, 11) is 3.97. The molecule has 172 valence electrons. The van der Waals surface area contributed by atoms with Crippen LogP contribution in [-0.2, 0) is 9.47 Å². The summed E-state index contributed by atoms with van der Waals surface area (Å²) in [5.74, 6) is -1.33. The van der Waals surface area contributed by atoms with Crippen molar-refractivity contribution in [3.05, 3.63) is 89.9 Å². The summed E-state index contributed by atoms with van der Waals surface area (Å²) in [6, 6.07) is 20.1. The number of halogens is 1. The quantitative estimate of drug-likeness (QED) is 0.380. The first-order chi connectivity index (χ1) is 16.5. The molecular formula is C26H21FN2O5. The minimum Gasteiger partial charge on any atom is -0.496 e. The molecule has 0 atom stereocenters. The molecule has 3 aromatic carbocycles. The Hall–Kier alpha value is -4.46. The summed E-state index contributed by atoms with van der Waals surface area (Å²) in [6.45, 7) is 0. The molecule has 1 heterocycles. The third-order valence-electron chi connectivity index (χ3n) is 5.29. The van der Waals surface area contributed by atoms with Crippen LogP contribution >= 0.6 is 0 Å². The van der Waals surface area contributed by atoms with Gasteiger partial charge in [-0.05, 0) is 35.9 Å². The minimum absolute atomic E-state index is 0.0192. The second-order valence-corrected chi connectivity index (χ2v) is 7.22. The van der Waals surface area contributed by atoms with E-state index in [0.29, 0.717) is 28.1 Å². The maximum atomic E-state index is 13.8. The van der Waals surface area contributed by atoms with Crippen LogP contribution in [0.25, 0.3) is 28.1 Å². The van der Waals surface area contributed by atoms with Crippen molar-refractivity contribution in [2.75, 3.05) is 21.3 Å². The van der Waals surface area contributed by atoms with Crippen molar-refractivity contribution >= 4 is 11.9 Å². The molecule has 8 heteroatoms. The summed E-state index contributed by atoms with van der Waals surface area (Å²) in [4.78, 5) is 25.5. The predicted octanol–water partition coefficient (Wildman–Crippen LogP) is 4.93. The zero-order chi connectivity index (χ0) is 24.2. The average molecular weight is 460 g/mol. The lowest BCUT2D eigenvalue weighted by Crippen LogP contribution is -2.15. The molecule has 0 saturated heterocycles.